The van der Waals surface area contributed by atoms with Gasteiger partial charge in [-0.1, -0.05) is 18.2 Å². The molecule has 150 valence electrons. The second kappa shape index (κ2) is 9.75. The standard InChI is InChI=1S/C22H21FN2O4/c1-28-12-4-11-24-21(26)14-29-22(27)18-13-20(15-7-9-16(23)10-8-15)25-19-6-3-2-5-17(18)19/h2-3,5-10,13H,4,11-12,14H2,1H3,(H,24,26). The molecule has 1 heterocycles. The highest BCUT2D eigenvalue weighted by Crippen LogP contribution is 2.25. The van der Waals surface area contributed by atoms with Gasteiger partial charge in [-0.2, -0.15) is 0 Å². The van der Waals surface area contributed by atoms with E-state index in [-0.39, 0.29) is 18.3 Å². The van der Waals surface area contributed by atoms with E-state index in [1.807, 2.05) is 6.07 Å². The van der Waals surface area contributed by atoms with Crippen LogP contribution in [0.1, 0.15) is 16.8 Å². The number of ether oxygens (including phenoxy) is 2. The monoisotopic (exact) mass is 396 g/mol. The van der Waals surface area contributed by atoms with Gasteiger partial charge in [-0.05, 0) is 42.8 Å². The highest BCUT2D eigenvalue weighted by atomic mass is 19.1. The molecule has 3 rings (SSSR count). The number of hydrogen-bond acceptors (Lipinski definition) is 5. The summed E-state index contributed by atoms with van der Waals surface area (Å²) in [5, 5.41) is 3.27. The highest BCUT2D eigenvalue weighted by Gasteiger charge is 2.16. The number of benzene rings is 2. The molecule has 1 N–H and O–H groups in total. The quantitative estimate of drug-likeness (QED) is 0.467. The number of amides is 1. The maximum absolute atomic E-state index is 13.2. The molecule has 0 aliphatic heterocycles. The lowest BCUT2D eigenvalue weighted by Gasteiger charge is -2.10. The molecule has 29 heavy (non-hydrogen) atoms. The van der Waals surface area contributed by atoms with Crippen LogP contribution in [0.4, 0.5) is 4.39 Å². The van der Waals surface area contributed by atoms with E-state index in [1.54, 1.807) is 43.5 Å². The summed E-state index contributed by atoms with van der Waals surface area (Å²) < 4.78 is 23.3. The Bertz CT molecular complexity index is 1010. The number of methoxy groups -OCH3 is 1. The summed E-state index contributed by atoms with van der Waals surface area (Å²) >= 11 is 0. The van der Waals surface area contributed by atoms with E-state index >= 15 is 0 Å². The van der Waals surface area contributed by atoms with E-state index in [2.05, 4.69) is 10.3 Å². The number of esters is 1. The Morgan fingerprint density at radius 1 is 1.10 bits per heavy atom. The van der Waals surface area contributed by atoms with Crippen LogP contribution in [0.3, 0.4) is 0 Å². The predicted octanol–water partition coefficient (Wildman–Crippen LogP) is 3.35. The van der Waals surface area contributed by atoms with Gasteiger partial charge in [0.2, 0.25) is 0 Å². The number of rotatable bonds is 8. The minimum Gasteiger partial charge on any atom is -0.452 e. The number of hydrogen-bond donors (Lipinski definition) is 1. The first-order chi connectivity index (χ1) is 14.1. The van der Waals surface area contributed by atoms with Crippen molar-refractivity contribution >= 4 is 22.8 Å². The maximum atomic E-state index is 13.2. The van der Waals surface area contributed by atoms with Crippen LogP contribution in [0, 0.1) is 5.82 Å². The van der Waals surface area contributed by atoms with Crippen molar-refractivity contribution in [1.29, 1.82) is 0 Å². The first-order valence-electron chi connectivity index (χ1n) is 9.17. The largest absolute Gasteiger partial charge is 0.452 e. The number of carbonyl (C=O) groups excluding carboxylic acids is 2. The maximum Gasteiger partial charge on any atom is 0.339 e. The van der Waals surface area contributed by atoms with Crippen LogP contribution in [-0.4, -0.2) is 43.7 Å². The lowest BCUT2D eigenvalue weighted by molar-refractivity contribution is -0.124. The Labute approximate surface area is 167 Å². The Morgan fingerprint density at radius 3 is 2.62 bits per heavy atom. The van der Waals surface area contributed by atoms with Gasteiger partial charge >= 0.3 is 5.97 Å². The molecule has 1 amide bonds. The molecule has 1 aromatic heterocycles. The fourth-order valence-electron chi connectivity index (χ4n) is 2.82. The summed E-state index contributed by atoms with van der Waals surface area (Å²) in [6.45, 7) is 0.598. The number of fused-ring (bicyclic) bond motifs is 1. The molecule has 7 heteroatoms. The van der Waals surface area contributed by atoms with E-state index in [0.29, 0.717) is 47.3 Å². The smallest absolute Gasteiger partial charge is 0.339 e. The van der Waals surface area contributed by atoms with Crippen molar-refractivity contribution in [1.82, 2.24) is 10.3 Å². The molecular weight excluding hydrogens is 375 g/mol. The van der Waals surface area contributed by atoms with E-state index < -0.39 is 5.97 Å². The van der Waals surface area contributed by atoms with Gasteiger partial charge in [-0.3, -0.25) is 4.79 Å². The number of pyridine rings is 1. The minimum atomic E-state index is -0.626. The highest BCUT2D eigenvalue weighted by molar-refractivity contribution is 6.05. The van der Waals surface area contributed by atoms with Gasteiger partial charge in [0.1, 0.15) is 5.82 Å². The number of nitrogens with zero attached hydrogens (tertiary/aromatic N) is 1. The molecule has 3 aromatic rings. The van der Waals surface area contributed by atoms with Gasteiger partial charge < -0.3 is 14.8 Å². The lowest BCUT2D eigenvalue weighted by Crippen LogP contribution is -2.30. The summed E-state index contributed by atoms with van der Waals surface area (Å²) in [5.74, 6) is -1.36. The van der Waals surface area contributed by atoms with Gasteiger partial charge in [-0.15, -0.1) is 0 Å². The van der Waals surface area contributed by atoms with Gasteiger partial charge in [0.05, 0.1) is 16.8 Å². The number of nitrogens with one attached hydrogen (secondary N) is 1. The predicted molar refractivity (Wildman–Crippen MR) is 107 cm³/mol. The van der Waals surface area contributed by atoms with Gasteiger partial charge in [0.25, 0.3) is 5.91 Å². The lowest BCUT2D eigenvalue weighted by atomic mass is 10.0. The second-order valence-corrected chi connectivity index (χ2v) is 6.35. The molecule has 0 atom stereocenters. The normalized spacial score (nSPS) is 10.7. The molecule has 0 aliphatic rings. The Kier molecular flexibility index (Phi) is 6.86. The molecule has 0 saturated heterocycles. The van der Waals surface area contributed by atoms with Crippen LogP contribution in [0.25, 0.3) is 22.2 Å². The molecule has 6 nitrogen and oxygen atoms in total. The summed E-state index contributed by atoms with van der Waals surface area (Å²) in [4.78, 5) is 29.1. The Morgan fingerprint density at radius 2 is 1.86 bits per heavy atom. The van der Waals surface area contributed by atoms with Crippen molar-refractivity contribution in [2.24, 2.45) is 0 Å². The van der Waals surface area contributed by atoms with Crippen molar-refractivity contribution in [3.05, 3.63) is 66.0 Å². The van der Waals surface area contributed by atoms with E-state index in [0.717, 1.165) is 0 Å². The fraction of sp³-hybridized carbons (Fsp3) is 0.227. The number of aromatic nitrogens is 1. The second-order valence-electron chi connectivity index (χ2n) is 6.35. The van der Waals surface area contributed by atoms with Gasteiger partial charge in [0.15, 0.2) is 6.61 Å². The zero-order chi connectivity index (χ0) is 20.6. The molecule has 0 unspecified atom stereocenters. The van der Waals surface area contributed by atoms with E-state index in [9.17, 15) is 14.0 Å². The third kappa shape index (κ3) is 5.36. The van der Waals surface area contributed by atoms with Crippen molar-refractivity contribution in [2.75, 3.05) is 26.9 Å². The van der Waals surface area contributed by atoms with Crippen molar-refractivity contribution in [3.63, 3.8) is 0 Å². The molecule has 0 bridgehead atoms. The minimum absolute atomic E-state index is 0.294. The van der Waals surface area contributed by atoms with Crippen LogP contribution in [0.2, 0.25) is 0 Å². The molecule has 0 aliphatic carbocycles. The molecule has 0 saturated carbocycles. The fourth-order valence-corrected chi connectivity index (χ4v) is 2.82. The molecule has 0 radical (unpaired) electrons. The molecular formula is C22H21FN2O4. The van der Waals surface area contributed by atoms with Crippen LogP contribution in [0.15, 0.2) is 54.6 Å². The summed E-state index contributed by atoms with van der Waals surface area (Å²) in [7, 11) is 1.59. The Hall–Kier alpha value is -3.32. The van der Waals surface area contributed by atoms with Crippen LogP contribution in [-0.2, 0) is 14.3 Å². The summed E-state index contributed by atoms with van der Waals surface area (Å²) in [5.41, 5.74) is 2.08. The van der Waals surface area contributed by atoms with Gasteiger partial charge in [-0.25, -0.2) is 14.2 Å². The van der Waals surface area contributed by atoms with Crippen molar-refractivity contribution < 1.29 is 23.5 Å². The topological polar surface area (TPSA) is 77.5 Å². The van der Waals surface area contributed by atoms with Crippen molar-refractivity contribution in [2.45, 2.75) is 6.42 Å². The number of para-hydroxylation sites is 1. The first-order valence-corrected chi connectivity index (χ1v) is 9.17. The van der Waals surface area contributed by atoms with Crippen LogP contribution in [0.5, 0.6) is 0 Å². The Balaban J connectivity index is 1.79. The zero-order valence-electron chi connectivity index (χ0n) is 16.0. The van der Waals surface area contributed by atoms with Crippen LogP contribution >= 0.6 is 0 Å². The SMILES string of the molecule is COCCCNC(=O)COC(=O)c1cc(-c2ccc(F)cc2)nc2ccccc12. The molecule has 0 fully saturated rings. The summed E-state index contributed by atoms with van der Waals surface area (Å²) in [6.07, 6.45) is 0.673. The van der Waals surface area contributed by atoms with E-state index in [4.69, 9.17) is 9.47 Å². The molecule has 0 spiro atoms. The zero-order valence-corrected chi connectivity index (χ0v) is 16.0. The van der Waals surface area contributed by atoms with Crippen LogP contribution < -0.4 is 5.32 Å². The first kappa shape index (κ1) is 20.4. The van der Waals surface area contributed by atoms with Crippen molar-refractivity contribution in [3.8, 4) is 11.3 Å². The van der Waals surface area contributed by atoms with E-state index in [1.165, 1.54) is 12.1 Å². The molecule has 2 aromatic carbocycles. The average molecular weight is 396 g/mol. The third-order valence-electron chi connectivity index (χ3n) is 4.26. The number of halogens is 1. The summed E-state index contributed by atoms with van der Waals surface area (Å²) in [6, 6.07) is 14.6. The average Bonchev–Trinajstić information content (AvgIpc) is 2.75. The third-order valence-corrected chi connectivity index (χ3v) is 4.26. The number of carbonyl (C=O) groups is 2. The van der Waals surface area contributed by atoms with Gasteiger partial charge in [0, 0.05) is 31.2 Å².